The van der Waals surface area contributed by atoms with Gasteiger partial charge in [0.2, 0.25) is 0 Å². The maximum absolute atomic E-state index is 12.8. The molecule has 0 spiro atoms. The molecule has 3 rings (SSSR count). The summed E-state index contributed by atoms with van der Waals surface area (Å²) in [6, 6.07) is 6.57. The molecular formula is C23H24N2O8. The van der Waals surface area contributed by atoms with Gasteiger partial charge in [0.05, 0.1) is 31.0 Å². The molecule has 174 valence electrons. The lowest BCUT2D eigenvalue weighted by molar-refractivity contribution is -0.139. The number of urea groups is 1. The fraction of sp³-hybridized carbons (Fsp3) is 0.304. The smallest absolute Gasteiger partial charge is 0.342 e. The van der Waals surface area contributed by atoms with Gasteiger partial charge in [-0.25, -0.2) is 19.2 Å². The van der Waals surface area contributed by atoms with E-state index in [4.69, 9.17) is 18.6 Å². The Bertz CT molecular complexity index is 1140. The van der Waals surface area contributed by atoms with Crippen molar-refractivity contribution in [2.24, 2.45) is 0 Å². The molecular weight excluding hydrogens is 432 g/mol. The maximum atomic E-state index is 12.8. The number of hydrogen-bond acceptors (Lipinski definition) is 8. The van der Waals surface area contributed by atoms with Gasteiger partial charge in [-0.3, -0.25) is 0 Å². The van der Waals surface area contributed by atoms with E-state index in [-0.39, 0.29) is 29.2 Å². The second-order valence-electron chi connectivity index (χ2n) is 7.17. The average Bonchev–Trinajstić information content (AvgIpc) is 2.76. The van der Waals surface area contributed by atoms with Gasteiger partial charge in [0.25, 0.3) is 0 Å². The van der Waals surface area contributed by atoms with Gasteiger partial charge in [0, 0.05) is 6.07 Å². The summed E-state index contributed by atoms with van der Waals surface area (Å²) >= 11 is 0. The lowest BCUT2D eigenvalue weighted by atomic mass is 9.95. The van der Waals surface area contributed by atoms with Crippen LogP contribution in [0.5, 0.6) is 5.75 Å². The van der Waals surface area contributed by atoms with Gasteiger partial charge in [-0.15, -0.1) is 0 Å². The van der Waals surface area contributed by atoms with E-state index in [9.17, 15) is 19.2 Å². The zero-order chi connectivity index (χ0) is 24.1. The molecule has 0 bridgehead atoms. The highest BCUT2D eigenvalue weighted by molar-refractivity contribution is 5.96. The highest BCUT2D eigenvalue weighted by Crippen LogP contribution is 2.29. The minimum absolute atomic E-state index is 0.0825. The zero-order valence-corrected chi connectivity index (χ0v) is 18.6. The van der Waals surface area contributed by atoms with E-state index in [1.807, 2.05) is 0 Å². The molecule has 2 N–H and O–H groups in total. The predicted octanol–water partition coefficient (Wildman–Crippen LogP) is 2.29. The zero-order valence-electron chi connectivity index (χ0n) is 18.6. The van der Waals surface area contributed by atoms with Gasteiger partial charge in [-0.1, -0.05) is 12.1 Å². The van der Waals surface area contributed by atoms with E-state index < -0.39 is 36.2 Å². The van der Waals surface area contributed by atoms with Crippen LogP contribution in [0.1, 0.15) is 40.2 Å². The first-order valence-electron chi connectivity index (χ1n) is 10.1. The van der Waals surface area contributed by atoms with Crippen molar-refractivity contribution in [3.8, 4) is 5.75 Å². The van der Waals surface area contributed by atoms with E-state index in [2.05, 4.69) is 10.6 Å². The van der Waals surface area contributed by atoms with Crippen LogP contribution >= 0.6 is 0 Å². The summed E-state index contributed by atoms with van der Waals surface area (Å²) in [6.07, 6.45) is 0. The molecule has 1 atom stereocenters. The number of benzene rings is 1. The van der Waals surface area contributed by atoms with E-state index in [1.54, 1.807) is 38.1 Å². The number of carbonyl (C=O) groups is 3. The normalized spacial score (nSPS) is 15.4. The molecule has 1 aromatic carbocycles. The number of esters is 2. The molecule has 0 unspecified atom stereocenters. The molecule has 2 amide bonds. The van der Waals surface area contributed by atoms with Crippen LogP contribution in [0.25, 0.3) is 0 Å². The predicted molar refractivity (Wildman–Crippen MR) is 116 cm³/mol. The van der Waals surface area contributed by atoms with E-state index >= 15 is 0 Å². The quantitative estimate of drug-likeness (QED) is 0.607. The molecule has 0 saturated heterocycles. The monoisotopic (exact) mass is 456 g/mol. The van der Waals surface area contributed by atoms with Crippen LogP contribution in [0.4, 0.5) is 4.79 Å². The third kappa shape index (κ3) is 5.22. The fourth-order valence-corrected chi connectivity index (χ4v) is 3.50. The highest BCUT2D eigenvalue weighted by Gasteiger charge is 2.34. The molecule has 0 radical (unpaired) electrons. The number of nitrogens with one attached hydrogen (secondary N) is 2. The Morgan fingerprint density at radius 2 is 1.76 bits per heavy atom. The van der Waals surface area contributed by atoms with E-state index in [0.717, 1.165) is 0 Å². The number of hydrogen-bond donors (Lipinski definition) is 2. The van der Waals surface area contributed by atoms with Crippen molar-refractivity contribution in [3.05, 3.63) is 74.5 Å². The van der Waals surface area contributed by atoms with Crippen LogP contribution in [0.3, 0.4) is 0 Å². The Morgan fingerprint density at radius 3 is 2.36 bits per heavy atom. The summed E-state index contributed by atoms with van der Waals surface area (Å²) in [7, 11) is 1.53. The third-order valence-corrected chi connectivity index (χ3v) is 4.98. The summed E-state index contributed by atoms with van der Waals surface area (Å²) in [5.74, 6) is -0.724. The van der Waals surface area contributed by atoms with Crippen molar-refractivity contribution in [2.45, 2.75) is 26.8 Å². The lowest BCUT2D eigenvalue weighted by Crippen LogP contribution is -2.47. The number of methoxy groups -OCH3 is 1. The van der Waals surface area contributed by atoms with Crippen molar-refractivity contribution in [2.75, 3.05) is 20.3 Å². The Hall–Kier alpha value is -4.08. The molecule has 10 heteroatoms. The van der Waals surface area contributed by atoms with Crippen molar-refractivity contribution in [3.63, 3.8) is 0 Å². The van der Waals surface area contributed by atoms with Crippen LogP contribution < -0.4 is 21.0 Å². The highest BCUT2D eigenvalue weighted by atomic mass is 16.5. The fourth-order valence-electron chi connectivity index (χ4n) is 3.50. The van der Waals surface area contributed by atoms with Gasteiger partial charge in [-0.05, 0) is 44.0 Å². The van der Waals surface area contributed by atoms with Crippen LogP contribution in [-0.2, 0) is 14.3 Å². The van der Waals surface area contributed by atoms with Gasteiger partial charge >= 0.3 is 23.6 Å². The van der Waals surface area contributed by atoms with E-state index in [0.29, 0.717) is 16.9 Å². The molecule has 2 heterocycles. The van der Waals surface area contributed by atoms with E-state index in [1.165, 1.54) is 20.1 Å². The summed E-state index contributed by atoms with van der Waals surface area (Å²) in [5.41, 5.74) is 0.691. The van der Waals surface area contributed by atoms with Gasteiger partial charge in [-0.2, -0.15) is 0 Å². The van der Waals surface area contributed by atoms with Crippen molar-refractivity contribution < 1.29 is 33.0 Å². The Kier molecular flexibility index (Phi) is 7.17. The topological polar surface area (TPSA) is 133 Å². The molecule has 0 fully saturated rings. The summed E-state index contributed by atoms with van der Waals surface area (Å²) in [4.78, 5) is 49.3. The Balaban J connectivity index is 1.96. The first kappa shape index (κ1) is 23.6. The maximum Gasteiger partial charge on any atom is 0.342 e. The second-order valence-corrected chi connectivity index (χ2v) is 7.17. The third-order valence-electron chi connectivity index (χ3n) is 4.98. The molecule has 1 aromatic heterocycles. The van der Waals surface area contributed by atoms with Crippen molar-refractivity contribution >= 4 is 18.0 Å². The molecule has 1 aliphatic rings. The first-order chi connectivity index (χ1) is 15.7. The summed E-state index contributed by atoms with van der Waals surface area (Å²) in [6.45, 7) is 4.41. The van der Waals surface area contributed by atoms with Gasteiger partial charge in [0.1, 0.15) is 23.7 Å². The van der Waals surface area contributed by atoms with Crippen LogP contribution in [-0.4, -0.2) is 38.3 Å². The number of ether oxygens (including phenoxy) is 3. The second kappa shape index (κ2) is 10.0. The van der Waals surface area contributed by atoms with Gasteiger partial charge < -0.3 is 29.3 Å². The van der Waals surface area contributed by atoms with Crippen LogP contribution in [0.15, 0.2) is 50.8 Å². The molecule has 10 nitrogen and oxygen atoms in total. The summed E-state index contributed by atoms with van der Waals surface area (Å²) < 4.78 is 20.7. The summed E-state index contributed by atoms with van der Waals surface area (Å²) in [5, 5.41) is 5.22. The average molecular weight is 456 g/mol. The Labute approximate surface area is 189 Å². The van der Waals surface area contributed by atoms with Crippen molar-refractivity contribution in [1.82, 2.24) is 10.6 Å². The standard InChI is InChI=1S/C23H24N2O8/c1-5-31-22(28)19-16(11-32-21(27)18-12(2)10-17(26)33-13(18)3)24-23(29)25-20(19)14-6-8-15(30-4)9-7-14/h6-10,20H,5,11H2,1-4H3,(H2,24,25,29)/t20-/m0/s1. The molecule has 2 aromatic rings. The number of aryl methyl sites for hydroxylation is 2. The first-order valence-corrected chi connectivity index (χ1v) is 10.1. The number of rotatable bonds is 7. The lowest BCUT2D eigenvalue weighted by Gasteiger charge is -2.29. The molecule has 0 saturated carbocycles. The molecule has 33 heavy (non-hydrogen) atoms. The SMILES string of the molecule is CCOC(=O)C1=C(COC(=O)c2c(C)cc(=O)oc2C)NC(=O)N[C@H]1c1ccc(OC)cc1. The Morgan fingerprint density at radius 1 is 1.06 bits per heavy atom. The number of amides is 2. The minimum atomic E-state index is -0.837. The van der Waals surface area contributed by atoms with Gasteiger partial charge in [0.15, 0.2) is 0 Å². The van der Waals surface area contributed by atoms with Crippen LogP contribution in [0, 0.1) is 13.8 Å². The number of carbonyl (C=O) groups excluding carboxylic acids is 3. The largest absolute Gasteiger partial charge is 0.497 e. The molecule has 0 aliphatic carbocycles. The van der Waals surface area contributed by atoms with Crippen LogP contribution in [0.2, 0.25) is 0 Å². The van der Waals surface area contributed by atoms with Crippen molar-refractivity contribution in [1.29, 1.82) is 0 Å². The molecule has 1 aliphatic heterocycles. The minimum Gasteiger partial charge on any atom is -0.497 e.